The van der Waals surface area contributed by atoms with Crippen molar-refractivity contribution in [3.8, 4) is 17.3 Å². The number of pyridine rings is 1. The molecule has 0 saturated carbocycles. The number of nitriles is 1. The maximum Gasteiger partial charge on any atom is 0.356 e. The Morgan fingerprint density at radius 1 is 1.37 bits per heavy atom. The number of benzene rings is 1. The largest absolute Gasteiger partial charge is 0.476 e. The van der Waals surface area contributed by atoms with Crippen LogP contribution in [0.3, 0.4) is 0 Å². The van der Waals surface area contributed by atoms with Crippen molar-refractivity contribution in [2.75, 3.05) is 5.73 Å². The smallest absolute Gasteiger partial charge is 0.356 e. The molecule has 2 rings (SSSR count). The third kappa shape index (κ3) is 2.69. The van der Waals surface area contributed by atoms with Crippen molar-refractivity contribution < 1.29 is 9.90 Å². The summed E-state index contributed by atoms with van der Waals surface area (Å²) in [4.78, 5) is 15.0. The SMILES string of the molecule is N#CCc1cccc(-c2ccc(N)c(C(=O)O)n2)c1. The van der Waals surface area contributed by atoms with Gasteiger partial charge >= 0.3 is 5.97 Å². The molecule has 0 unspecified atom stereocenters. The van der Waals surface area contributed by atoms with Crippen LogP contribution >= 0.6 is 0 Å². The van der Waals surface area contributed by atoms with E-state index in [1.54, 1.807) is 12.1 Å². The number of hydrogen-bond donors (Lipinski definition) is 2. The molecule has 0 aliphatic rings. The van der Waals surface area contributed by atoms with Gasteiger partial charge in [0.15, 0.2) is 5.69 Å². The summed E-state index contributed by atoms with van der Waals surface area (Å²) in [5.74, 6) is -1.16. The van der Waals surface area contributed by atoms with Crippen LogP contribution in [-0.4, -0.2) is 16.1 Å². The number of aromatic nitrogens is 1. The lowest BCUT2D eigenvalue weighted by atomic mass is 10.1. The third-order valence-electron chi connectivity index (χ3n) is 2.63. The molecular formula is C14H11N3O2. The maximum atomic E-state index is 11.0. The van der Waals surface area contributed by atoms with Gasteiger partial charge in [0.2, 0.25) is 0 Å². The fourth-order valence-electron chi connectivity index (χ4n) is 1.73. The van der Waals surface area contributed by atoms with Crippen molar-refractivity contribution in [3.63, 3.8) is 0 Å². The number of aromatic carboxylic acids is 1. The average Bonchev–Trinajstić information content (AvgIpc) is 2.39. The second-order valence-electron chi connectivity index (χ2n) is 3.97. The number of hydrogen-bond acceptors (Lipinski definition) is 4. The molecule has 3 N–H and O–H groups in total. The molecule has 1 aromatic heterocycles. The van der Waals surface area contributed by atoms with Crippen molar-refractivity contribution in [2.45, 2.75) is 6.42 Å². The molecule has 0 radical (unpaired) electrons. The fourth-order valence-corrected chi connectivity index (χ4v) is 1.73. The number of carbonyl (C=O) groups is 1. The minimum atomic E-state index is -1.16. The molecule has 94 valence electrons. The van der Waals surface area contributed by atoms with Crippen molar-refractivity contribution in [2.24, 2.45) is 0 Å². The van der Waals surface area contributed by atoms with Crippen LogP contribution in [0.1, 0.15) is 16.1 Å². The summed E-state index contributed by atoms with van der Waals surface area (Å²) in [5, 5.41) is 17.7. The van der Waals surface area contributed by atoms with Gasteiger partial charge in [-0.3, -0.25) is 0 Å². The highest BCUT2D eigenvalue weighted by Gasteiger charge is 2.11. The predicted molar refractivity (Wildman–Crippen MR) is 70.4 cm³/mol. The summed E-state index contributed by atoms with van der Waals surface area (Å²) in [5.41, 5.74) is 7.66. The van der Waals surface area contributed by atoms with Gasteiger partial charge < -0.3 is 10.8 Å². The van der Waals surface area contributed by atoms with Crippen molar-refractivity contribution in [3.05, 3.63) is 47.7 Å². The van der Waals surface area contributed by atoms with Crippen LogP contribution in [0.5, 0.6) is 0 Å². The number of nitrogen functional groups attached to an aromatic ring is 1. The van der Waals surface area contributed by atoms with E-state index in [9.17, 15) is 4.79 Å². The van der Waals surface area contributed by atoms with E-state index in [1.165, 1.54) is 6.07 Å². The molecule has 19 heavy (non-hydrogen) atoms. The van der Waals surface area contributed by atoms with Gasteiger partial charge in [-0.15, -0.1) is 0 Å². The first-order chi connectivity index (χ1) is 9.11. The molecule has 0 aliphatic heterocycles. The molecule has 0 amide bonds. The Hall–Kier alpha value is -2.87. The molecule has 0 atom stereocenters. The number of nitrogens with zero attached hydrogens (tertiary/aromatic N) is 2. The van der Waals surface area contributed by atoms with Crippen LogP contribution < -0.4 is 5.73 Å². The van der Waals surface area contributed by atoms with Gasteiger partial charge in [-0.25, -0.2) is 9.78 Å². The van der Waals surface area contributed by atoms with Crippen LogP contribution in [0.2, 0.25) is 0 Å². The maximum absolute atomic E-state index is 11.0. The first kappa shape index (κ1) is 12.6. The quantitative estimate of drug-likeness (QED) is 0.872. The first-order valence-corrected chi connectivity index (χ1v) is 5.58. The fraction of sp³-hybridized carbons (Fsp3) is 0.0714. The topological polar surface area (TPSA) is 100 Å². The zero-order valence-corrected chi connectivity index (χ0v) is 10.00. The van der Waals surface area contributed by atoms with E-state index < -0.39 is 5.97 Å². The Labute approximate surface area is 109 Å². The Morgan fingerprint density at radius 2 is 2.16 bits per heavy atom. The highest BCUT2D eigenvalue weighted by Crippen LogP contribution is 2.21. The van der Waals surface area contributed by atoms with E-state index in [-0.39, 0.29) is 11.4 Å². The van der Waals surface area contributed by atoms with E-state index >= 15 is 0 Å². The van der Waals surface area contributed by atoms with Gasteiger partial charge in [-0.2, -0.15) is 5.26 Å². The van der Waals surface area contributed by atoms with E-state index in [4.69, 9.17) is 16.1 Å². The van der Waals surface area contributed by atoms with Crippen LogP contribution in [-0.2, 0) is 6.42 Å². The summed E-state index contributed by atoms with van der Waals surface area (Å²) in [6.07, 6.45) is 0.300. The highest BCUT2D eigenvalue weighted by molar-refractivity contribution is 5.92. The van der Waals surface area contributed by atoms with Gasteiger partial charge in [-0.05, 0) is 23.8 Å². The molecule has 5 heteroatoms. The van der Waals surface area contributed by atoms with Gasteiger partial charge in [0.25, 0.3) is 0 Å². The Kier molecular flexibility index (Phi) is 3.44. The van der Waals surface area contributed by atoms with Crippen LogP contribution in [0, 0.1) is 11.3 Å². The normalized spacial score (nSPS) is 9.84. The van der Waals surface area contributed by atoms with Crippen LogP contribution in [0.15, 0.2) is 36.4 Å². The van der Waals surface area contributed by atoms with Gasteiger partial charge in [0.05, 0.1) is 23.9 Å². The molecule has 0 fully saturated rings. The summed E-state index contributed by atoms with van der Waals surface area (Å²) in [6.45, 7) is 0. The van der Waals surface area contributed by atoms with E-state index in [0.29, 0.717) is 12.1 Å². The minimum Gasteiger partial charge on any atom is -0.476 e. The van der Waals surface area contributed by atoms with E-state index in [2.05, 4.69) is 11.1 Å². The van der Waals surface area contributed by atoms with Crippen molar-refractivity contribution in [1.82, 2.24) is 4.98 Å². The molecule has 1 aromatic carbocycles. The van der Waals surface area contributed by atoms with Crippen molar-refractivity contribution in [1.29, 1.82) is 5.26 Å². The molecule has 0 saturated heterocycles. The second kappa shape index (κ2) is 5.19. The number of anilines is 1. The highest BCUT2D eigenvalue weighted by atomic mass is 16.4. The lowest BCUT2D eigenvalue weighted by molar-refractivity contribution is 0.0692. The van der Waals surface area contributed by atoms with Crippen molar-refractivity contribution >= 4 is 11.7 Å². The standard InChI is InChI=1S/C14H11N3O2/c15-7-6-9-2-1-3-10(8-9)12-5-4-11(16)13(17-12)14(18)19/h1-5,8H,6,16H2,(H,18,19). The number of carboxylic acids is 1. The third-order valence-corrected chi connectivity index (χ3v) is 2.63. The minimum absolute atomic E-state index is 0.129. The number of carboxylic acid groups (broad SMARTS) is 1. The molecule has 0 spiro atoms. The number of nitrogens with two attached hydrogens (primary N) is 1. The Balaban J connectivity index is 2.47. The molecular weight excluding hydrogens is 242 g/mol. The first-order valence-electron chi connectivity index (χ1n) is 5.58. The summed E-state index contributed by atoms with van der Waals surface area (Å²) >= 11 is 0. The zero-order valence-electron chi connectivity index (χ0n) is 10.00. The lowest BCUT2D eigenvalue weighted by Gasteiger charge is -2.05. The van der Waals surface area contributed by atoms with E-state index in [0.717, 1.165) is 11.1 Å². The van der Waals surface area contributed by atoms with E-state index in [1.807, 2.05) is 18.2 Å². The Bertz CT molecular complexity index is 675. The predicted octanol–water partition coefficient (Wildman–Crippen LogP) is 2.10. The van der Waals surface area contributed by atoms with Crippen LogP contribution in [0.4, 0.5) is 5.69 Å². The molecule has 0 aliphatic carbocycles. The Morgan fingerprint density at radius 3 is 2.84 bits per heavy atom. The van der Waals surface area contributed by atoms with Gasteiger partial charge in [0, 0.05) is 5.56 Å². The molecule has 5 nitrogen and oxygen atoms in total. The molecule has 2 aromatic rings. The van der Waals surface area contributed by atoms with Gasteiger partial charge in [-0.1, -0.05) is 18.2 Å². The van der Waals surface area contributed by atoms with Crippen LogP contribution in [0.25, 0.3) is 11.3 Å². The lowest BCUT2D eigenvalue weighted by Crippen LogP contribution is -2.06. The summed E-state index contributed by atoms with van der Waals surface area (Å²) < 4.78 is 0. The van der Waals surface area contributed by atoms with Gasteiger partial charge in [0.1, 0.15) is 0 Å². The monoisotopic (exact) mass is 253 g/mol. The molecule has 0 bridgehead atoms. The summed E-state index contributed by atoms with van der Waals surface area (Å²) in [6, 6.07) is 12.5. The zero-order chi connectivity index (χ0) is 13.8. The number of rotatable bonds is 3. The average molecular weight is 253 g/mol. The summed E-state index contributed by atoms with van der Waals surface area (Å²) in [7, 11) is 0. The second-order valence-corrected chi connectivity index (χ2v) is 3.97. The molecule has 1 heterocycles.